The first kappa shape index (κ1) is 19.2. The Bertz CT molecular complexity index is 1250. The maximum Gasteiger partial charge on any atom is 0.322 e. The second-order valence-electron chi connectivity index (χ2n) is 7.59. The van der Waals surface area contributed by atoms with E-state index in [1.54, 1.807) is 54.5 Å². The molecule has 1 atom stereocenters. The van der Waals surface area contributed by atoms with E-state index in [2.05, 4.69) is 16.4 Å². The van der Waals surface area contributed by atoms with Gasteiger partial charge in [0.15, 0.2) is 0 Å². The summed E-state index contributed by atoms with van der Waals surface area (Å²) in [6.45, 7) is 0.482. The number of aromatic nitrogens is 1. The molecule has 0 saturated heterocycles. The summed E-state index contributed by atoms with van der Waals surface area (Å²) < 4.78 is 20.1. The van der Waals surface area contributed by atoms with Crippen LogP contribution in [-0.4, -0.2) is 29.6 Å². The van der Waals surface area contributed by atoms with Crippen LogP contribution < -0.4 is 10.1 Å². The van der Waals surface area contributed by atoms with Gasteiger partial charge in [0.25, 0.3) is 0 Å². The van der Waals surface area contributed by atoms with Crippen LogP contribution in [0.15, 0.2) is 72.8 Å². The number of nitrogens with one attached hydrogen (secondary N) is 2. The van der Waals surface area contributed by atoms with E-state index in [0.29, 0.717) is 30.0 Å². The van der Waals surface area contributed by atoms with Gasteiger partial charge in [-0.25, -0.2) is 9.18 Å². The molecule has 4 aromatic rings. The Labute approximate surface area is 179 Å². The molecule has 5 nitrogen and oxygen atoms in total. The van der Waals surface area contributed by atoms with Crippen LogP contribution in [0, 0.1) is 5.82 Å². The van der Waals surface area contributed by atoms with E-state index in [-0.39, 0.29) is 11.8 Å². The quantitative estimate of drug-likeness (QED) is 0.465. The maximum atomic E-state index is 14.9. The number of urea groups is 1. The van der Waals surface area contributed by atoms with Crippen LogP contribution in [0.4, 0.5) is 14.9 Å². The highest BCUT2D eigenvalue weighted by Gasteiger charge is 2.35. The van der Waals surface area contributed by atoms with Crippen molar-refractivity contribution < 1.29 is 13.9 Å². The van der Waals surface area contributed by atoms with Gasteiger partial charge in [-0.3, -0.25) is 0 Å². The summed E-state index contributed by atoms with van der Waals surface area (Å²) >= 11 is 0. The molecule has 1 aliphatic rings. The first-order chi connectivity index (χ1) is 15.2. The molecule has 0 fully saturated rings. The summed E-state index contributed by atoms with van der Waals surface area (Å²) in [6.07, 6.45) is 0.695. The molecule has 0 unspecified atom stereocenters. The maximum absolute atomic E-state index is 14.9. The number of aromatic amines is 1. The molecule has 0 radical (unpaired) electrons. The average molecular weight is 415 g/mol. The van der Waals surface area contributed by atoms with Crippen LogP contribution in [0.1, 0.15) is 22.9 Å². The van der Waals surface area contributed by atoms with Gasteiger partial charge in [0.1, 0.15) is 17.6 Å². The molecule has 3 aromatic carbocycles. The molecular formula is C25H22FN3O2. The van der Waals surface area contributed by atoms with Gasteiger partial charge in [-0.2, -0.15) is 0 Å². The number of fused-ring (bicyclic) bond motifs is 3. The third kappa shape index (κ3) is 3.40. The summed E-state index contributed by atoms with van der Waals surface area (Å²) in [5, 5.41) is 4.06. The Morgan fingerprint density at radius 1 is 1.06 bits per heavy atom. The number of nitrogens with zero attached hydrogens (tertiary/aromatic N) is 1. The van der Waals surface area contributed by atoms with Gasteiger partial charge >= 0.3 is 6.03 Å². The number of ether oxygens (including phenoxy) is 1. The van der Waals surface area contributed by atoms with Crippen molar-refractivity contribution in [3.63, 3.8) is 0 Å². The number of amides is 2. The number of carbonyl (C=O) groups is 1. The Balaban J connectivity index is 1.56. The van der Waals surface area contributed by atoms with Crippen LogP contribution >= 0.6 is 0 Å². The van der Waals surface area contributed by atoms with Crippen molar-refractivity contribution in [1.82, 2.24) is 9.88 Å². The summed E-state index contributed by atoms with van der Waals surface area (Å²) in [4.78, 5) is 18.4. The van der Waals surface area contributed by atoms with E-state index in [1.165, 1.54) is 6.07 Å². The zero-order chi connectivity index (χ0) is 21.4. The predicted octanol–water partition coefficient (Wildman–Crippen LogP) is 5.50. The van der Waals surface area contributed by atoms with Gasteiger partial charge in [0, 0.05) is 34.4 Å². The standard InChI is InChI=1S/C25H22FN3O2/c1-31-17-12-10-16(11-13-17)27-25(30)29-15-14-19-18-6-3-5-9-22(18)28-23(19)24(29)20-7-2-4-8-21(20)26/h2-13,24,28H,14-15H2,1H3,(H,27,30)/t24-/m1/s1. The van der Waals surface area contributed by atoms with Gasteiger partial charge in [-0.05, 0) is 48.4 Å². The molecule has 31 heavy (non-hydrogen) atoms. The molecule has 2 N–H and O–H groups in total. The monoisotopic (exact) mass is 415 g/mol. The fourth-order valence-corrected chi connectivity index (χ4v) is 4.35. The molecule has 1 aliphatic heterocycles. The van der Waals surface area contributed by atoms with Crippen LogP contribution in [0.5, 0.6) is 5.75 Å². The number of hydrogen-bond donors (Lipinski definition) is 2. The topological polar surface area (TPSA) is 57.4 Å². The molecule has 1 aromatic heterocycles. The fourth-order valence-electron chi connectivity index (χ4n) is 4.35. The highest BCUT2D eigenvalue weighted by Crippen LogP contribution is 2.39. The number of rotatable bonds is 3. The molecule has 2 heterocycles. The predicted molar refractivity (Wildman–Crippen MR) is 119 cm³/mol. The Morgan fingerprint density at radius 2 is 1.81 bits per heavy atom. The minimum absolute atomic E-state index is 0.275. The zero-order valence-electron chi connectivity index (χ0n) is 17.1. The van der Waals surface area contributed by atoms with Crippen molar-refractivity contribution in [1.29, 1.82) is 0 Å². The highest BCUT2D eigenvalue weighted by atomic mass is 19.1. The number of carbonyl (C=O) groups excluding carboxylic acids is 1. The van der Waals surface area contributed by atoms with Crippen LogP contribution in [-0.2, 0) is 6.42 Å². The highest BCUT2D eigenvalue weighted by molar-refractivity contribution is 5.91. The lowest BCUT2D eigenvalue weighted by molar-refractivity contribution is 0.192. The second kappa shape index (κ2) is 7.80. The van der Waals surface area contributed by atoms with Gasteiger partial charge in [-0.15, -0.1) is 0 Å². The number of methoxy groups -OCH3 is 1. The van der Waals surface area contributed by atoms with E-state index in [4.69, 9.17) is 4.74 Å². The summed E-state index contributed by atoms with van der Waals surface area (Å²) in [5.41, 5.74) is 4.12. The average Bonchev–Trinajstić information content (AvgIpc) is 3.18. The minimum Gasteiger partial charge on any atom is -0.497 e. The Morgan fingerprint density at radius 3 is 2.58 bits per heavy atom. The van der Waals surface area contributed by atoms with Gasteiger partial charge in [0.2, 0.25) is 0 Å². The molecule has 2 amide bonds. The Hall–Kier alpha value is -3.80. The van der Waals surface area contributed by atoms with Crippen molar-refractivity contribution in [2.45, 2.75) is 12.5 Å². The normalized spacial score (nSPS) is 15.5. The lowest BCUT2D eigenvalue weighted by atomic mass is 9.92. The molecule has 5 rings (SSSR count). The number of anilines is 1. The molecule has 0 bridgehead atoms. The van der Waals surface area contributed by atoms with E-state index in [9.17, 15) is 9.18 Å². The number of H-pyrrole nitrogens is 1. The molecule has 0 aliphatic carbocycles. The second-order valence-corrected chi connectivity index (χ2v) is 7.59. The van der Waals surface area contributed by atoms with Crippen molar-refractivity contribution in [3.05, 3.63) is 95.4 Å². The molecule has 0 spiro atoms. The molecular weight excluding hydrogens is 393 g/mol. The lowest BCUT2D eigenvalue weighted by Crippen LogP contribution is -2.43. The van der Waals surface area contributed by atoms with E-state index < -0.39 is 6.04 Å². The summed E-state index contributed by atoms with van der Waals surface area (Å²) in [7, 11) is 1.60. The number of para-hydroxylation sites is 1. The van der Waals surface area contributed by atoms with Crippen molar-refractivity contribution in [2.75, 3.05) is 19.0 Å². The number of halogens is 1. The van der Waals surface area contributed by atoms with Crippen LogP contribution in [0.2, 0.25) is 0 Å². The minimum atomic E-state index is -0.546. The first-order valence-electron chi connectivity index (χ1n) is 10.2. The summed E-state index contributed by atoms with van der Waals surface area (Å²) in [5.74, 6) is 0.379. The molecule has 156 valence electrons. The largest absolute Gasteiger partial charge is 0.497 e. The summed E-state index contributed by atoms with van der Waals surface area (Å²) in [6, 6.07) is 21.0. The van der Waals surface area contributed by atoms with Crippen LogP contribution in [0.25, 0.3) is 10.9 Å². The fraction of sp³-hybridized carbons (Fsp3) is 0.160. The van der Waals surface area contributed by atoms with E-state index >= 15 is 0 Å². The number of hydrogen-bond acceptors (Lipinski definition) is 2. The SMILES string of the molecule is COc1ccc(NC(=O)N2CCc3c([nH]c4ccccc34)[C@H]2c2ccccc2F)cc1. The van der Waals surface area contributed by atoms with E-state index in [1.807, 2.05) is 18.2 Å². The van der Waals surface area contributed by atoms with Gasteiger partial charge in [0.05, 0.1) is 7.11 Å². The zero-order valence-corrected chi connectivity index (χ0v) is 17.1. The van der Waals surface area contributed by atoms with Gasteiger partial charge in [-0.1, -0.05) is 36.4 Å². The third-order valence-corrected chi connectivity index (χ3v) is 5.84. The van der Waals surface area contributed by atoms with Gasteiger partial charge < -0.3 is 19.9 Å². The van der Waals surface area contributed by atoms with Crippen molar-refractivity contribution in [3.8, 4) is 5.75 Å². The third-order valence-electron chi connectivity index (χ3n) is 5.84. The molecule has 6 heteroatoms. The first-order valence-corrected chi connectivity index (χ1v) is 10.2. The van der Waals surface area contributed by atoms with E-state index in [0.717, 1.165) is 22.2 Å². The number of benzene rings is 3. The van der Waals surface area contributed by atoms with Crippen molar-refractivity contribution >= 4 is 22.6 Å². The molecule has 0 saturated carbocycles. The lowest BCUT2D eigenvalue weighted by Gasteiger charge is -2.36. The van der Waals surface area contributed by atoms with Crippen LogP contribution in [0.3, 0.4) is 0 Å². The Kier molecular flexibility index (Phi) is 4.82. The van der Waals surface area contributed by atoms with Crippen molar-refractivity contribution in [2.24, 2.45) is 0 Å². The smallest absolute Gasteiger partial charge is 0.322 e.